The molecule has 0 aliphatic carbocycles. The molecule has 106 valence electrons. The Morgan fingerprint density at radius 3 is 2.55 bits per heavy atom. The summed E-state index contributed by atoms with van der Waals surface area (Å²) < 4.78 is 1.07. The van der Waals surface area contributed by atoms with Gasteiger partial charge in [0.15, 0.2) is 0 Å². The lowest BCUT2D eigenvalue weighted by molar-refractivity contribution is 0.518. The molecule has 0 aliphatic rings. The normalized spacial score (nSPS) is 12.4. The molecule has 1 nitrogen and oxygen atoms in total. The van der Waals surface area contributed by atoms with Gasteiger partial charge in [-0.1, -0.05) is 58.2 Å². The van der Waals surface area contributed by atoms with E-state index in [1.807, 2.05) is 36.4 Å². The molecule has 1 N–H and O–H groups in total. The van der Waals surface area contributed by atoms with Crippen molar-refractivity contribution in [1.29, 1.82) is 0 Å². The predicted octanol–water partition coefficient (Wildman–Crippen LogP) is 6.00. The van der Waals surface area contributed by atoms with E-state index in [1.54, 1.807) is 0 Å². The van der Waals surface area contributed by atoms with Gasteiger partial charge in [-0.15, -0.1) is 0 Å². The van der Waals surface area contributed by atoms with Crippen LogP contribution >= 0.6 is 39.1 Å². The summed E-state index contributed by atoms with van der Waals surface area (Å²) in [5.74, 6) is 0. The molecule has 1 unspecified atom stereocenters. The Balaban J connectivity index is 2.09. The lowest BCUT2D eigenvalue weighted by Crippen LogP contribution is -2.20. The van der Waals surface area contributed by atoms with Crippen LogP contribution in [0.15, 0.2) is 46.9 Å². The maximum absolute atomic E-state index is 6.06. The minimum absolute atomic E-state index is 0.277. The molecule has 0 spiro atoms. The van der Waals surface area contributed by atoms with E-state index in [1.165, 1.54) is 5.56 Å². The zero-order chi connectivity index (χ0) is 14.5. The second-order valence-electron chi connectivity index (χ2n) is 4.63. The van der Waals surface area contributed by atoms with Crippen LogP contribution in [0.1, 0.15) is 30.5 Å². The van der Waals surface area contributed by atoms with Crippen LogP contribution in [-0.4, -0.2) is 0 Å². The van der Waals surface area contributed by atoms with Gasteiger partial charge in [0.2, 0.25) is 0 Å². The van der Waals surface area contributed by atoms with E-state index >= 15 is 0 Å². The Hall–Kier alpha value is -0.540. The molecule has 2 rings (SSSR count). The highest BCUT2D eigenvalue weighted by Gasteiger charge is 2.10. The molecule has 0 bridgehead atoms. The number of hydrogen-bond acceptors (Lipinski definition) is 1. The maximum Gasteiger partial charge on any atom is 0.0410 e. The van der Waals surface area contributed by atoms with Gasteiger partial charge in [0.05, 0.1) is 0 Å². The summed E-state index contributed by atoms with van der Waals surface area (Å²) in [5, 5.41) is 5.07. The molecule has 0 saturated carbocycles. The minimum atomic E-state index is 0.277. The number of benzene rings is 2. The summed E-state index contributed by atoms with van der Waals surface area (Å²) in [6.45, 7) is 2.91. The molecule has 1 atom stereocenters. The van der Waals surface area contributed by atoms with Crippen molar-refractivity contribution < 1.29 is 0 Å². The second kappa shape index (κ2) is 7.46. The topological polar surface area (TPSA) is 12.0 Å². The molecule has 0 amide bonds. The first kappa shape index (κ1) is 15.8. The molecule has 0 heterocycles. The van der Waals surface area contributed by atoms with Crippen LogP contribution < -0.4 is 5.32 Å². The molecule has 20 heavy (non-hydrogen) atoms. The highest BCUT2D eigenvalue weighted by atomic mass is 79.9. The first-order chi connectivity index (χ1) is 9.60. The third-order valence-electron chi connectivity index (χ3n) is 3.21. The highest BCUT2D eigenvalue weighted by Crippen LogP contribution is 2.24. The van der Waals surface area contributed by atoms with Gasteiger partial charge >= 0.3 is 0 Å². The van der Waals surface area contributed by atoms with Gasteiger partial charge in [-0.3, -0.25) is 0 Å². The van der Waals surface area contributed by atoms with E-state index in [4.69, 9.17) is 23.2 Å². The molecule has 0 fully saturated rings. The van der Waals surface area contributed by atoms with E-state index in [9.17, 15) is 0 Å². The molecule has 0 radical (unpaired) electrons. The molecule has 0 aromatic heterocycles. The van der Waals surface area contributed by atoms with Crippen molar-refractivity contribution in [3.05, 3.63) is 68.1 Å². The smallest absolute Gasteiger partial charge is 0.0410 e. The van der Waals surface area contributed by atoms with Crippen molar-refractivity contribution in [3.8, 4) is 0 Å². The fourth-order valence-corrected chi connectivity index (χ4v) is 2.91. The molecule has 4 heteroatoms. The van der Waals surface area contributed by atoms with E-state index in [0.29, 0.717) is 0 Å². The van der Waals surface area contributed by atoms with Crippen LogP contribution in [0.4, 0.5) is 0 Å². The third-order valence-corrected chi connectivity index (χ3v) is 4.45. The van der Waals surface area contributed by atoms with E-state index in [2.05, 4.69) is 34.2 Å². The van der Waals surface area contributed by atoms with Crippen molar-refractivity contribution in [2.24, 2.45) is 0 Å². The molecule has 2 aromatic rings. The fraction of sp³-hybridized carbons (Fsp3) is 0.250. The Kier molecular flexibility index (Phi) is 5.91. The fourth-order valence-electron chi connectivity index (χ4n) is 2.13. The summed E-state index contributed by atoms with van der Waals surface area (Å²) in [4.78, 5) is 0. The highest BCUT2D eigenvalue weighted by molar-refractivity contribution is 9.10. The van der Waals surface area contributed by atoms with Crippen LogP contribution in [0, 0.1) is 0 Å². The average molecular weight is 373 g/mol. The lowest BCUT2D eigenvalue weighted by Gasteiger charge is -2.18. The second-order valence-corrected chi connectivity index (χ2v) is 6.36. The monoisotopic (exact) mass is 371 g/mol. The van der Waals surface area contributed by atoms with Crippen LogP contribution in [0.3, 0.4) is 0 Å². The van der Waals surface area contributed by atoms with Gasteiger partial charge in [-0.2, -0.15) is 0 Å². The van der Waals surface area contributed by atoms with Crippen molar-refractivity contribution in [2.45, 2.75) is 25.9 Å². The molecular weight excluding hydrogens is 357 g/mol. The van der Waals surface area contributed by atoms with Crippen molar-refractivity contribution in [2.75, 3.05) is 0 Å². The summed E-state index contributed by atoms with van der Waals surface area (Å²) in [7, 11) is 0. The van der Waals surface area contributed by atoms with E-state index in [-0.39, 0.29) is 6.04 Å². The van der Waals surface area contributed by atoms with Crippen molar-refractivity contribution in [3.63, 3.8) is 0 Å². The standard InChI is InChI=1S/C16H16BrCl2N/c1-2-16(11-4-3-5-13(18)8-11)20-10-12-9-14(19)6-7-15(12)17/h3-9,16,20H,2,10H2,1H3. The number of halogens is 3. The van der Waals surface area contributed by atoms with Crippen LogP contribution in [0.5, 0.6) is 0 Å². The van der Waals surface area contributed by atoms with Gasteiger partial charge in [-0.25, -0.2) is 0 Å². The zero-order valence-corrected chi connectivity index (χ0v) is 14.3. The van der Waals surface area contributed by atoms with Gasteiger partial charge < -0.3 is 5.32 Å². The Morgan fingerprint density at radius 2 is 1.85 bits per heavy atom. The van der Waals surface area contributed by atoms with Gasteiger partial charge in [0.1, 0.15) is 0 Å². The first-order valence-corrected chi connectivity index (χ1v) is 8.08. The van der Waals surface area contributed by atoms with Gasteiger partial charge in [0.25, 0.3) is 0 Å². The molecule has 2 aromatic carbocycles. The lowest BCUT2D eigenvalue weighted by atomic mass is 10.0. The van der Waals surface area contributed by atoms with Crippen LogP contribution in [0.2, 0.25) is 10.0 Å². The summed E-state index contributed by atoms with van der Waals surface area (Å²) in [6.07, 6.45) is 0.999. The predicted molar refractivity (Wildman–Crippen MR) is 90.5 cm³/mol. The Bertz CT molecular complexity index is 586. The maximum atomic E-state index is 6.06. The molecular formula is C16H16BrCl2N. The van der Waals surface area contributed by atoms with Gasteiger partial charge in [-0.05, 0) is 47.9 Å². The Labute approximate surface area is 138 Å². The number of hydrogen-bond donors (Lipinski definition) is 1. The quantitative estimate of drug-likeness (QED) is 0.678. The molecule has 0 aliphatic heterocycles. The summed E-state index contributed by atoms with van der Waals surface area (Å²) >= 11 is 15.6. The van der Waals surface area contributed by atoms with Crippen molar-refractivity contribution >= 4 is 39.1 Å². The number of nitrogens with one attached hydrogen (secondary N) is 1. The summed E-state index contributed by atoms with van der Waals surface area (Å²) in [5.41, 5.74) is 2.36. The number of rotatable bonds is 5. The average Bonchev–Trinajstić information content (AvgIpc) is 2.43. The van der Waals surface area contributed by atoms with Crippen molar-refractivity contribution in [1.82, 2.24) is 5.32 Å². The van der Waals surface area contributed by atoms with E-state index in [0.717, 1.165) is 33.0 Å². The summed E-state index contributed by atoms with van der Waals surface area (Å²) in [6, 6.07) is 14.1. The minimum Gasteiger partial charge on any atom is -0.306 e. The van der Waals surface area contributed by atoms with E-state index < -0.39 is 0 Å². The van der Waals surface area contributed by atoms with Gasteiger partial charge in [0, 0.05) is 27.1 Å². The first-order valence-electron chi connectivity index (χ1n) is 6.53. The molecule has 0 saturated heterocycles. The SMILES string of the molecule is CCC(NCc1cc(Cl)ccc1Br)c1cccc(Cl)c1. The largest absolute Gasteiger partial charge is 0.306 e. The van der Waals surface area contributed by atoms with Crippen LogP contribution in [-0.2, 0) is 6.54 Å². The Morgan fingerprint density at radius 1 is 1.10 bits per heavy atom. The van der Waals surface area contributed by atoms with Crippen LogP contribution in [0.25, 0.3) is 0 Å². The third kappa shape index (κ3) is 4.23. The zero-order valence-electron chi connectivity index (χ0n) is 11.2.